The summed E-state index contributed by atoms with van der Waals surface area (Å²) in [6, 6.07) is 5.69. The minimum Gasteiger partial charge on any atom is -0.598 e. The van der Waals surface area contributed by atoms with Gasteiger partial charge in [0.1, 0.15) is 4.75 Å². The lowest BCUT2D eigenvalue weighted by molar-refractivity contribution is 0.130. The minimum absolute atomic E-state index is 0.00934. The Morgan fingerprint density at radius 2 is 1.97 bits per heavy atom. The van der Waals surface area contributed by atoms with E-state index in [2.05, 4.69) is 14.6 Å². The standard InChI is InChI=1S/C24H29Cl2N5O2S2/c1-23(2,3)35(32)29-19-14-33-15-24(19)7-10-30(11-8-24)22-28-13-18(21-27-9-12-31(21)22)34-17-6-4-5-16(25)20(17)26/h4-6,9,12-13,19,29H,7-8,10-11,14-15H2,1-3H3/t19-,35+/m1/s1. The van der Waals surface area contributed by atoms with Gasteiger partial charge >= 0.3 is 0 Å². The summed E-state index contributed by atoms with van der Waals surface area (Å²) in [4.78, 5) is 13.5. The van der Waals surface area contributed by atoms with Crippen LogP contribution in [0.15, 0.2) is 46.6 Å². The van der Waals surface area contributed by atoms with Gasteiger partial charge in [0.05, 0.1) is 34.2 Å². The van der Waals surface area contributed by atoms with Crippen LogP contribution in [0.1, 0.15) is 33.6 Å². The summed E-state index contributed by atoms with van der Waals surface area (Å²) in [5, 5.41) is 1.06. The number of rotatable bonds is 5. The van der Waals surface area contributed by atoms with Crippen LogP contribution in [0.2, 0.25) is 10.0 Å². The van der Waals surface area contributed by atoms with E-state index < -0.39 is 11.4 Å². The average Bonchev–Trinajstić information content (AvgIpc) is 3.45. The van der Waals surface area contributed by atoms with E-state index in [0.717, 1.165) is 47.3 Å². The highest BCUT2D eigenvalue weighted by Crippen LogP contribution is 2.42. The fourth-order valence-corrected chi connectivity index (χ4v) is 6.97. The normalized spacial score (nSPS) is 21.2. The molecule has 35 heavy (non-hydrogen) atoms. The summed E-state index contributed by atoms with van der Waals surface area (Å²) in [6.45, 7) is 8.96. The quantitative estimate of drug-likeness (QED) is 0.433. The van der Waals surface area contributed by atoms with Gasteiger partial charge in [0.15, 0.2) is 5.65 Å². The van der Waals surface area contributed by atoms with E-state index in [1.54, 1.807) is 12.3 Å². The molecule has 1 aromatic carbocycles. The van der Waals surface area contributed by atoms with Crippen molar-refractivity contribution in [3.05, 3.63) is 46.8 Å². The van der Waals surface area contributed by atoms with Gasteiger partial charge in [-0.1, -0.05) is 41.0 Å². The fourth-order valence-electron chi connectivity index (χ4n) is 4.64. The van der Waals surface area contributed by atoms with Gasteiger partial charge < -0.3 is 14.2 Å². The van der Waals surface area contributed by atoms with Crippen molar-refractivity contribution in [2.75, 3.05) is 31.2 Å². The molecule has 2 fully saturated rings. The van der Waals surface area contributed by atoms with Crippen molar-refractivity contribution in [2.45, 2.75) is 54.2 Å². The van der Waals surface area contributed by atoms with Crippen LogP contribution in [0.5, 0.6) is 0 Å². The third kappa shape index (κ3) is 5.01. The molecule has 2 aromatic heterocycles. The first-order valence-corrected chi connectivity index (χ1v) is 14.3. The molecule has 0 aliphatic carbocycles. The molecule has 0 amide bonds. The van der Waals surface area contributed by atoms with Crippen molar-refractivity contribution in [1.82, 2.24) is 19.1 Å². The number of nitrogens with zero attached hydrogens (tertiary/aromatic N) is 4. The lowest BCUT2D eigenvalue weighted by Gasteiger charge is -2.42. The minimum atomic E-state index is -1.12. The van der Waals surface area contributed by atoms with E-state index >= 15 is 0 Å². The van der Waals surface area contributed by atoms with Gasteiger partial charge in [-0.3, -0.25) is 4.40 Å². The van der Waals surface area contributed by atoms with Crippen LogP contribution in [0.25, 0.3) is 5.65 Å². The maximum Gasteiger partial charge on any atom is 0.211 e. The van der Waals surface area contributed by atoms with Crippen LogP contribution in [-0.2, 0) is 16.1 Å². The Balaban J connectivity index is 1.33. The highest BCUT2D eigenvalue weighted by atomic mass is 35.5. The summed E-state index contributed by atoms with van der Waals surface area (Å²) in [5.74, 6) is 0.871. The van der Waals surface area contributed by atoms with Crippen molar-refractivity contribution in [3.8, 4) is 0 Å². The Labute approximate surface area is 223 Å². The fraction of sp³-hybridized carbons (Fsp3) is 0.500. The zero-order valence-corrected chi connectivity index (χ0v) is 23.1. The van der Waals surface area contributed by atoms with Crippen LogP contribution >= 0.6 is 35.0 Å². The van der Waals surface area contributed by atoms with Crippen molar-refractivity contribution >= 4 is 57.9 Å². The molecular weight excluding hydrogens is 525 g/mol. The smallest absolute Gasteiger partial charge is 0.211 e. The number of ether oxygens (including phenoxy) is 1. The first-order valence-electron chi connectivity index (χ1n) is 11.6. The van der Waals surface area contributed by atoms with Crippen molar-refractivity contribution in [2.24, 2.45) is 5.41 Å². The van der Waals surface area contributed by atoms with Crippen molar-refractivity contribution in [1.29, 1.82) is 0 Å². The molecule has 0 unspecified atom stereocenters. The SMILES string of the molecule is CC(C)(C)[S@+]([O-])N[C@@H]1COCC12CCN(c1ncc(Sc3cccc(Cl)c3Cl)c3nccn13)CC2. The highest BCUT2D eigenvalue weighted by Gasteiger charge is 2.49. The van der Waals surface area contributed by atoms with E-state index in [4.69, 9.17) is 32.9 Å². The van der Waals surface area contributed by atoms with Gasteiger partial charge in [-0.05, 0) is 45.7 Å². The van der Waals surface area contributed by atoms with Gasteiger partial charge in [-0.2, -0.15) is 0 Å². The summed E-state index contributed by atoms with van der Waals surface area (Å²) < 4.78 is 23.7. The third-order valence-electron chi connectivity index (χ3n) is 6.77. The molecule has 4 heterocycles. The Kier molecular flexibility index (Phi) is 7.22. The van der Waals surface area contributed by atoms with E-state index in [1.807, 2.05) is 49.7 Å². The Morgan fingerprint density at radius 3 is 2.71 bits per heavy atom. The van der Waals surface area contributed by atoms with Gasteiger partial charge in [-0.25, -0.2) is 9.97 Å². The molecule has 188 valence electrons. The predicted octanol–water partition coefficient (Wildman–Crippen LogP) is 5.22. The molecule has 2 atom stereocenters. The van der Waals surface area contributed by atoms with E-state index in [9.17, 15) is 4.55 Å². The van der Waals surface area contributed by atoms with Gasteiger partial charge in [0.2, 0.25) is 5.95 Å². The molecule has 1 spiro atoms. The zero-order valence-electron chi connectivity index (χ0n) is 20.0. The van der Waals surface area contributed by atoms with Gasteiger partial charge in [0, 0.05) is 53.4 Å². The van der Waals surface area contributed by atoms with Crippen molar-refractivity contribution in [3.63, 3.8) is 0 Å². The molecule has 0 saturated carbocycles. The number of piperidine rings is 1. The topological polar surface area (TPSA) is 77.8 Å². The number of anilines is 1. The lowest BCUT2D eigenvalue weighted by atomic mass is 9.75. The Morgan fingerprint density at radius 1 is 1.20 bits per heavy atom. The number of benzene rings is 1. The molecule has 0 bridgehead atoms. The van der Waals surface area contributed by atoms with Gasteiger partial charge in [0.25, 0.3) is 0 Å². The molecule has 3 aromatic rings. The van der Waals surface area contributed by atoms with E-state index in [-0.39, 0.29) is 16.2 Å². The molecule has 2 aliphatic heterocycles. The third-order valence-corrected chi connectivity index (χ3v) is 10.4. The second kappa shape index (κ2) is 9.93. The molecule has 0 radical (unpaired) electrons. The Bertz CT molecular complexity index is 1210. The van der Waals surface area contributed by atoms with Crippen LogP contribution in [0.3, 0.4) is 0 Å². The number of hydrogen-bond donors (Lipinski definition) is 1. The summed E-state index contributed by atoms with van der Waals surface area (Å²) in [7, 11) is 0. The number of imidazole rings is 1. The number of aromatic nitrogens is 3. The number of halogens is 2. The second-order valence-electron chi connectivity index (χ2n) is 10.1. The summed E-state index contributed by atoms with van der Waals surface area (Å²) >= 11 is 13.0. The molecular formula is C24H29Cl2N5O2S2. The molecule has 1 N–H and O–H groups in total. The first kappa shape index (κ1) is 25.4. The number of nitrogens with one attached hydrogen (secondary N) is 1. The van der Waals surface area contributed by atoms with Crippen LogP contribution in [-0.4, -0.2) is 56.0 Å². The van der Waals surface area contributed by atoms with E-state index in [0.29, 0.717) is 23.3 Å². The second-order valence-corrected chi connectivity index (χ2v) is 14.0. The predicted molar refractivity (Wildman–Crippen MR) is 143 cm³/mol. The zero-order chi connectivity index (χ0) is 24.8. The average molecular weight is 555 g/mol. The molecule has 2 aliphatic rings. The molecule has 2 saturated heterocycles. The monoisotopic (exact) mass is 553 g/mol. The van der Waals surface area contributed by atoms with Crippen molar-refractivity contribution < 1.29 is 9.29 Å². The lowest BCUT2D eigenvalue weighted by Crippen LogP contribution is -2.55. The van der Waals surface area contributed by atoms with Crippen LogP contribution in [0, 0.1) is 5.41 Å². The molecule has 11 heteroatoms. The Hall–Kier alpha value is -1.20. The van der Waals surface area contributed by atoms with Gasteiger partial charge in [-0.15, -0.1) is 4.72 Å². The molecule has 7 nitrogen and oxygen atoms in total. The van der Waals surface area contributed by atoms with Crippen LogP contribution in [0.4, 0.5) is 5.95 Å². The first-order chi connectivity index (χ1) is 16.7. The largest absolute Gasteiger partial charge is 0.598 e. The van der Waals surface area contributed by atoms with Crippen LogP contribution < -0.4 is 9.62 Å². The maximum atomic E-state index is 12.7. The summed E-state index contributed by atoms with van der Waals surface area (Å²) in [5.41, 5.74) is 0.825. The maximum absolute atomic E-state index is 12.7. The van der Waals surface area contributed by atoms with E-state index in [1.165, 1.54) is 11.8 Å². The molecule has 5 rings (SSSR count). The highest BCUT2D eigenvalue weighted by molar-refractivity contribution is 7.99. The number of hydrogen-bond acceptors (Lipinski definition) is 7. The number of fused-ring (bicyclic) bond motifs is 1. The summed E-state index contributed by atoms with van der Waals surface area (Å²) in [6.07, 6.45) is 7.49.